The molecule has 1 amide bonds. The molecule has 0 fully saturated rings. The van der Waals surface area contributed by atoms with Crippen molar-refractivity contribution in [3.05, 3.63) is 86.0 Å². The number of carbonyl (C=O) groups excluding carboxylic acids is 1. The maximum absolute atomic E-state index is 12.3. The van der Waals surface area contributed by atoms with Crippen LogP contribution in [0.15, 0.2) is 54.7 Å². The lowest BCUT2D eigenvalue weighted by Gasteiger charge is -2.10. The molecule has 0 saturated heterocycles. The van der Waals surface area contributed by atoms with Crippen LogP contribution in [0.1, 0.15) is 15.9 Å². The molecule has 132 valence electrons. The smallest absolute Gasteiger partial charge is 0.269 e. The summed E-state index contributed by atoms with van der Waals surface area (Å²) in [5.41, 5.74) is 1.02. The summed E-state index contributed by atoms with van der Waals surface area (Å²) in [4.78, 5) is 22.5. The van der Waals surface area contributed by atoms with E-state index in [9.17, 15) is 14.9 Å². The number of nitrogens with one attached hydrogen (secondary N) is 1. The van der Waals surface area contributed by atoms with E-state index in [2.05, 4.69) is 10.4 Å². The molecule has 1 aromatic heterocycles. The zero-order valence-corrected chi connectivity index (χ0v) is 14.7. The molecule has 3 rings (SSSR count). The van der Waals surface area contributed by atoms with Crippen LogP contribution in [0.2, 0.25) is 10.0 Å². The van der Waals surface area contributed by atoms with Crippen molar-refractivity contribution >= 4 is 40.6 Å². The summed E-state index contributed by atoms with van der Waals surface area (Å²) in [7, 11) is 0. The molecule has 7 nitrogen and oxygen atoms in total. The van der Waals surface area contributed by atoms with Crippen molar-refractivity contribution in [3.8, 4) is 0 Å². The van der Waals surface area contributed by atoms with Gasteiger partial charge in [-0.1, -0.05) is 29.3 Å². The highest BCUT2D eigenvalue weighted by Gasteiger charge is 2.13. The number of anilines is 1. The summed E-state index contributed by atoms with van der Waals surface area (Å²) in [6.45, 7) is 0.346. The molecule has 26 heavy (non-hydrogen) atoms. The lowest BCUT2D eigenvalue weighted by molar-refractivity contribution is -0.384. The predicted molar refractivity (Wildman–Crippen MR) is 98.8 cm³/mol. The van der Waals surface area contributed by atoms with Gasteiger partial charge < -0.3 is 5.32 Å². The van der Waals surface area contributed by atoms with Gasteiger partial charge in [0, 0.05) is 33.8 Å². The van der Waals surface area contributed by atoms with Gasteiger partial charge in [-0.25, -0.2) is 4.68 Å². The Morgan fingerprint density at radius 2 is 1.88 bits per heavy atom. The number of carbonyl (C=O) groups is 1. The van der Waals surface area contributed by atoms with E-state index >= 15 is 0 Å². The summed E-state index contributed by atoms with van der Waals surface area (Å²) in [5.74, 6) is 0.0724. The Balaban J connectivity index is 1.76. The molecule has 9 heteroatoms. The molecule has 2 aromatic carbocycles. The first kappa shape index (κ1) is 17.9. The van der Waals surface area contributed by atoms with Crippen LogP contribution in [-0.2, 0) is 6.54 Å². The van der Waals surface area contributed by atoms with Crippen molar-refractivity contribution in [3.63, 3.8) is 0 Å². The number of aromatic nitrogens is 2. The van der Waals surface area contributed by atoms with Crippen LogP contribution in [0.3, 0.4) is 0 Å². The molecule has 0 aliphatic carbocycles. The molecule has 1 N–H and O–H groups in total. The van der Waals surface area contributed by atoms with Crippen LogP contribution in [-0.4, -0.2) is 20.6 Å². The summed E-state index contributed by atoms with van der Waals surface area (Å²) < 4.78 is 1.58. The minimum absolute atomic E-state index is 0.0797. The first-order valence-corrected chi connectivity index (χ1v) is 8.21. The predicted octanol–water partition coefficient (Wildman–Crippen LogP) is 4.40. The topological polar surface area (TPSA) is 90.1 Å². The van der Waals surface area contributed by atoms with E-state index in [0.29, 0.717) is 28.0 Å². The molecule has 1 heterocycles. The van der Waals surface area contributed by atoms with Crippen LogP contribution in [0, 0.1) is 10.1 Å². The summed E-state index contributed by atoms with van der Waals surface area (Å²) in [6, 6.07) is 12.1. The highest BCUT2D eigenvalue weighted by atomic mass is 35.5. The van der Waals surface area contributed by atoms with Gasteiger partial charge >= 0.3 is 0 Å². The Bertz CT molecular complexity index is 970. The fraction of sp³-hybridized carbons (Fsp3) is 0.0588. The monoisotopic (exact) mass is 390 g/mol. The van der Waals surface area contributed by atoms with Crippen molar-refractivity contribution in [1.82, 2.24) is 9.78 Å². The number of hydrogen-bond donors (Lipinski definition) is 1. The number of non-ortho nitro benzene ring substituents is 1. The lowest BCUT2D eigenvalue weighted by Crippen LogP contribution is -2.16. The van der Waals surface area contributed by atoms with Crippen LogP contribution < -0.4 is 5.32 Å². The van der Waals surface area contributed by atoms with Crippen LogP contribution in [0.5, 0.6) is 0 Å². The van der Waals surface area contributed by atoms with Gasteiger partial charge in [0.15, 0.2) is 0 Å². The molecule has 0 spiro atoms. The van der Waals surface area contributed by atoms with E-state index in [-0.39, 0.29) is 5.69 Å². The summed E-state index contributed by atoms with van der Waals surface area (Å²) in [5, 5.41) is 18.6. The average Bonchev–Trinajstić information content (AvgIpc) is 3.04. The normalized spacial score (nSPS) is 10.5. The summed E-state index contributed by atoms with van der Waals surface area (Å²) >= 11 is 12.1. The van der Waals surface area contributed by atoms with Gasteiger partial charge in [0.1, 0.15) is 5.82 Å². The zero-order valence-electron chi connectivity index (χ0n) is 13.2. The maximum atomic E-state index is 12.3. The van der Waals surface area contributed by atoms with Gasteiger partial charge in [0.05, 0.1) is 17.7 Å². The average molecular weight is 391 g/mol. The van der Waals surface area contributed by atoms with E-state index in [1.807, 2.05) is 0 Å². The van der Waals surface area contributed by atoms with E-state index in [1.165, 1.54) is 24.3 Å². The molecule has 0 atom stereocenters. The Labute approximate surface area is 158 Å². The molecule has 3 aromatic rings. The van der Waals surface area contributed by atoms with Gasteiger partial charge in [0.25, 0.3) is 11.6 Å². The molecule has 0 unspecified atom stereocenters. The van der Waals surface area contributed by atoms with Crippen molar-refractivity contribution in [1.29, 1.82) is 0 Å². The lowest BCUT2D eigenvalue weighted by atomic mass is 10.2. The second-order valence-corrected chi connectivity index (χ2v) is 6.21. The number of hydrogen-bond acceptors (Lipinski definition) is 4. The largest absolute Gasteiger partial charge is 0.307 e. The Hall–Kier alpha value is -2.90. The Morgan fingerprint density at radius 3 is 2.54 bits per heavy atom. The van der Waals surface area contributed by atoms with Crippen molar-refractivity contribution in [2.24, 2.45) is 0 Å². The number of nitro groups is 1. The highest BCUT2D eigenvalue weighted by molar-refractivity contribution is 6.35. The van der Waals surface area contributed by atoms with E-state index in [0.717, 1.165) is 5.56 Å². The minimum atomic E-state index is -0.521. The third-order valence-electron chi connectivity index (χ3n) is 3.63. The summed E-state index contributed by atoms with van der Waals surface area (Å²) in [6.07, 6.45) is 1.55. The van der Waals surface area contributed by atoms with Crippen molar-refractivity contribution < 1.29 is 9.72 Å². The zero-order chi connectivity index (χ0) is 18.7. The van der Waals surface area contributed by atoms with Crippen LogP contribution in [0.25, 0.3) is 0 Å². The third-order valence-corrected chi connectivity index (χ3v) is 4.22. The molecule has 0 bridgehead atoms. The standard InChI is InChI=1S/C17H12Cl2N4O3/c18-13-4-1-12(15(19)9-13)10-22-16(7-8-20-22)21-17(24)11-2-5-14(6-3-11)23(25)26/h1-9H,10H2,(H,21,24). The number of halogens is 2. The highest BCUT2D eigenvalue weighted by Crippen LogP contribution is 2.23. The number of nitro benzene ring substituents is 1. The molecular formula is C17H12Cl2N4O3. The van der Waals surface area contributed by atoms with Crippen LogP contribution >= 0.6 is 23.2 Å². The maximum Gasteiger partial charge on any atom is 0.269 e. The molecule has 0 radical (unpaired) electrons. The van der Waals surface area contributed by atoms with Gasteiger partial charge in [-0.3, -0.25) is 14.9 Å². The fourth-order valence-electron chi connectivity index (χ4n) is 2.30. The van der Waals surface area contributed by atoms with Crippen molar-refractivity contribution in [2.45, 2.75) is 6.54 Å². The second-order valence-electron chi connectivity index (χ2n) is 5.37. The van der Waals surface area contributed by atoms with Crippen LogP contribution in [0.4, 0.5) is 11.5 Å². The van der Waals surface area contributed by atoms with Gasteiger partial charge in [-0.15, -0.1) is 0 Å². The number of rotatable bonds is 5. The Morgan fingerprint density at radius 1 is 1.15 bits per heavy atom. The number of nitrogens with zero attached hydrogens (tertiary/aromatic N) is 3. The van der Waals surface area contributed by atoms with E-state index < -0.39 is 10.8 Å². The minimum Gasteiger partial charge on any atom is -0.307 e. The SMILES string of the molecule is O=C(Nc1ccnn1Cc1ccc(Cl)cc1Cl)c1ccc([N+](=O)[O-])cc1. The second kappa shape index (κ2) is 7.55. The molecule has 0 saturated carbocycles. The van der Waals surface area contributed by atoms with E-state index in [4.69, 9.17) is 23.2 Å². The molecule has 0 aliphatic heterocycles. The first-order chi connectivity index (χ1) is 12.4. The molecular weight excluding hydrogens is 379 g/mol. The Kier molecular flexibility index (Phi) is 5.20. The first-order valence-electron chi connectivity index (χ1n) is 7.45. The van der Waals surface area contributed by atoms with Crippen molar-refractivity contribution in [2.75, 3.05) is 5.32 Å². The van der Waals surface area contributed by atoms with Gasteiger partial charge in [0.2, 0.25) is 0 Å². The van der Waals surface area contributed by atoms with Gasteiger partial charge in [-0.05, 0) is 29.8 Å². The number of amides is 1. The van der Waals surface area contributed by atoms with E-state index in [1.54, 1.807) is 35.1 Å². The van der Waals surface area contributed by atoms with Gasteiger partial charge in [-0.2, -0.15) is 5.10 Å². The fourth-order valence-corrected chi connectivity index (χ4v) is 2.77. The quantitative estimate of drug-likeness (QED) is 0.516. The third kappa shape index (κ3) is 4.01. The number of benzene rings is 2. The molecule has 0 aliphatic rings.